The van der Waals surface area contributed by atoms with Crippen LogP contribution in [0, 0.1) is 0 Å². The molecule has 2 bridgehead atoms. The predicted octanol–water partition coefficient (Wildman–Crippen LogP) is 4.30. The van der Waals surface area contributed by atoms with E-state index in [4.69, 9.17) is 9.47 Å². The number of hydrogen-bond acceptors (Lipinski definition) is 9. The molecule has 0 amide bonds. The highest BCUT2D eigenvalue weighted by atomic mass is 19.1. The van der Waals surface area contributed by atoms with Crippen molar-refractivity contribution in [1.29, 1.82) is 0 Å². The number of methoxy groups -OCH3 is 2. The molecule has 2 saturated heterocycles. The summed E-state index contributed by atoms with van der Waals surface area (Å²) < 4.78 is 26.4. The number of fused-ring (bicyclic) bond motifs is 2. The molecule has 3 fully saturated rings. The number of phenols is 1. The number of halogens is 1. The van der Waals surface area contributed by atoms with Crippen molar-refractivity contribution in [3.05, 3.63) is 36.7 Å². The van der Waals surface area contributed by atoms with Crippen LogP contribution in [-0.4, -0.2) is 68.8 Å². The summed E-state index contributed by atoms with van der Waals surface area (Å²) in [7, 11) is 3.08. The van der Waals surface area contributed by atoms with E-state index in [1.165, 1.54) is 7.11 Å². The molecule has 6 rings (SSSR count). The van der Waals surface area contributed by atoms with Gasteiger partial charge in [0, 0.05) is 28.9 Å². The fourth-order valence-electron chi connectivity index (χ4n) is 6.22. The number of piperidine rings is 1. The van der Waals surface area contributed by atoms with Crippen LogP contribution in [0.1, 0.15) is 46.0 Å². The Morgan fingerprint density at radius 3 is 2.50 bits per heavy atom. The van der Waals surface area contributed by atoms with Crippen LogP contribution >= 0.6 is 0 Å². The molecule has 1 saturated carbocycles. The van der Waals surface area contributed by atoms with Gasteiger partial charge in [0.15, 0.2) is 17.4 Å². The Kier molecular flexibility index (Phi) is 5.90. The van der Waals surface area contributed by atoms with Crippen LogP contribution in [0.4, 0.5) is 10.2 Å². The molecule has 0 radical (unpaired) electrons. The summed E-state index contributed by atoms with van der Waals surface area (Å²) in [6.45, 7) is 4.19. The van der Waals surface area contributed by atoms with Gasteiger partial charge in [-0.05, 0) is 69.7 Å². The van der Waals surface area contributed by atoms with Gasteiger partial charge in [0.2, 0.25) is 0 Å². The number of ether oxygens (including phenoxy) is 2. The normalized spacial score (nSPS) is 28.2. The number of alkyl halides is 1. The first-order valence-corrected chi connectivity index (χ1v) is 13.1. The number of pyridine rings is 1. The minimum Gasteiger partial charge on any atom is -0.507 e. The van der Waals surface area contributed by atoms with E-state index in [0.717, 1.165) is 43.2 Å². The van der Waals surface area contributed by atoms with Crippen LogP contribution < -0.4 is 19.7 Å². The zero-order chi connectivity index (χ0) is 26.7. The Labute approximate surface area is 221 Å². The largest absolute Gasteiger partial charge is 0.507 e. The van der Waals surface area contributed by atoms with Crippen LogP contribution in [0.5, 0.6) is 17.4 Å². The molecule has 10 heteroatoms. The molecule has 0 unspecified atom stereocenters. The lowest BCUT2D eigenvalue weighted by atomic mass is 9.82. The molecule has 200 valence electrons. The highest BCUT2D eigenvalue weighted by Crippen LogP contribution is 2.48. The van der Waals surface area contributed by atoms with Crippen LogP contribution in [0.25, 0.3) is 22.5 Å². The first kappa shape index (κ1) is 24.8. The zero-order valence-electron chi connectivity index (χ0n) is 22.1. The van der Waals surface area contributed by atoms with Crippen molar-refractivity contribution < 1.29 is 19.0 Å². The van der Waals surface area contributed by atoms with Crippen LogP contribution in [0.3, 0.4) is 0 Å². The molecular weight excluding hydrogens is 487 g/mol. The van der Waals surface area contributed by atoms with E-state index < -0.39 is 11.7 Å². The standard InChI is InChI=1S/C28H33FN6O3/c1-27-9-10-28(2,34-27)24(29)20(13-27)35(18-6-7-18)23-15-30-25(33-32-23)19-8-5-16(11-21(19)36)17-12-22(37-3)26(38-4)31-14-17/h5,8,11-12,14-15,18,20,24,34,36H,6-7,9-10,13H2,1-4H3/t20-,24-,27-,28+/m0/s1. The van der Waals surface area contributed by atoms with Crippen LogP contribution in [0.15, 0.2) is 36.7 Å². The lowest BCUT2D eigenvalue weighted by Crippen LogP contribution is -2.66. The van der Waals surface area contributed by atoms with Crippen molar-refractivity contribution in [2.24, 2.45) is 0 Å². The zero-order valence-corrected chi connectivity index (χ0v) is 22.1. The number of hydrogen-bond donors (Lipinski definition) is 2. The number of benzene rings is 1. The molecule has 2 aliphatic heterocycles. The summed E-state index contributed by atoms with van der Waals surface area (Å²) in [5.41, 5.74) is 1.37. The van der Waals surface area contributed by atoms with E-state index in [-0.39, 0.29) is 23.4 Å². The highest BCUT2D eigenvalue weighted by Gasteiger charge is 2.58. The van der Waals surface area contributed by atoms with Gasteiger partial charge < -0.3 is 24.8 Å². The third-order valence-corrected chi connectivity index (χ3v) is 8.30. The number of nitrogens with one attached hydrogen (secondary N) is 1. The van der Waals surface area contributed by atoms with Crippen LogP contribution in [-0.2, 0) is 0 Å². The molecule has 38 heavy (non-hydrogen) atoms. The Bertz CT molecular complexity index is 1350. The van der Waals surface area contributed by atoms with E-state index in [0.29, 0.717) is 28.8 Å². The maximum Gasteiger partial charge on any atom is 0.256 e. The number of aromatic hydroxyl groups is 1. The quantitative estimate of drug-likeness (QED) is 0.472. The highest BCUT2D eigenvalue weighted by molar-refractivity contribution is 5.73. The summed E-state index contributed by atoms with van der Waals surface area (Å²) in [5.74, 6) is 1.80. The van der Waals surface area contributed by atoms with Crippen molar-refractivity contribution in [2.75, 3.05) is 19.1 Å². The second-order valence-electron chi connectivity index (χ2n) is 11.2. The average Bonchev–Trinajstić information content (AvgIpc) is 3.71. The van der Waals surface area contributed by atoms with E-state index in [2.05, 4.69) is 37.3 Å². The molecule has 2 N–H and O–H groups in total. The topological polar surface area (TPSA) is 106 Å². The number of anilines is 1. The third kappa shape index (κ3) is 4.20. The fraction of sp³-hybridized carbons (Fsp3) is 0.500. The molecule has 9 nitrogen and oxygen atoms in total. The van der Waals surface area contributed by atoms with Gasteiger partial charge >= 0.3 is 0 Å². The Morgan fingerprint density at radius 2 is 1.84 bits per heavy atom. The Hall–Kier alpha value is -3.53. The van der Waals surface area contributed by atoms with E-state index in [1.54, 1.807) is 37.7 Å². The summed E-state index contributed by atoms with van der Waals surface area (Å²) in [6.07, 6.45) is 6.85. The second kappa shape index (κ2) is 9.04. The summed E-state index contributed by atoms with van der Waals surface area (Å²) in [5, 5.41) is 23.2. The van der Waals surface area contributed by atoms with Crippen molar-refractivity contribution in [3.63, 3.8) is 0 Å². The van der Waals surface area contributed by atoms with Crippen molar-refractivity contribution >= 4 is 5.82 Å². The molecule has 4 heterocycles. The predicted molar refractivity (Wildman–Crippen MR) is 141 cm³/mol. The van der Waals surface area contributed by atoms with Gasteiger partial charge in [0.05, 0.1) is 32.0 Å². The van der Waals surface area contributed by atoms with Gasteiger partial charge in [-0.1, -0.05) is 6.07 Å². The molecular formula is C28H33FN6O3. The maximum absolute atomic E-state index is 15.9. The van der Waals surface area contributed by atoms with E-state index >= 15 is 4.39 Å². The number of aromatic nitrogens is 4. The fourth-order valence-corrected chi connectivity index (χ4v) is 6.22. The lowest BCUT2D eigenvalue weighted by molar-refractivity contribution is 0.0831. The van der Waals surface area contributed by atoms with E-state index in [9.17, 15) is 5.11 Å². The lowest BCUT2D eigenvalue weighted by Gasteiger charge is -2.48. The molecule has 2 aromatic heterocycles. The number of rotatable bonds is 7. The summed E-state index contributed by atoms with van der Waals surface area (Å²) in [4.78, 5) is 10.9. The molecule has 4 atom stereocenters. The van der Waals surface area contributed by atoms with E-state index in [1.807, 2.05) is 13.0 Å². The van der Waals surface area contributed by atoms with Gasteiger partial charge in [-0.25, -0.2) is 14.4 Å². The third-order valence-electron chi connectivity index (χ3n) is 8.30. The molecule has 1 aromatic carbocycles. The maximum atomic E-state index is 15.9. The molecule has 0 spiro atoms. The van der Waals surface area contributed by atoms with Crippen molar-refractivity contribution in [3.8, 4) is 39.9 Å². The van der Waals surface area contributed by atoms with Gasteiger partial charge in [0.25, 0.3) is 5.88 Å². The van der Waals surface area contributed by atoms with Crippen molar-refractivity contribution in [2.45, 2.75) is 75.3 Å². The summed E-state index contributed by atoms with van der Waals surface area (Å²) >= 11 is 0. The molecule has 3 aromatic rings. The second-order valence-corrected chi connectivity index (χ2v) is 11.2. The minimum absolute atomic E-state index is 0.0190. The van der Waals surface area contributed by atoms with Crippen molar-refractivity contribution in [1.82, 2.24) is 25.5 Å². The molecule has 3 aliphatic rings. The van der Waals surface area contributed by atoms with Gasteiger partial charge in [-0.15, -0.1) is 10.2 Å². The van der Waals surface area contributed by atoms with Crippen LogP contribution in [0.2, 0.25) is 0 Å². The first-order valence-electron chi connectivity index (χ1n) is 13.1. The van der Waals surface area contributed by atoms with Gasteiger partial charge in [-0.2, -0.15) is 0 Å². The first-order chi connectivity index (χ1) is 18.2. The monoisotopic (exact) mass is 520 g/mol. The van der Waals surface area contributed by atoms with Gasteiger partial charge in [-0.3, -0.25) is 0 Å². The Morgan fingerprint density at radius 1 is 1.03 bits per heavy atom. The Balaban J connectivity index is 1.26. The van der Waals surface area contributed by atoms with Gasteiger partial charge in [0.1, 0.15) is 11.9 Å². The SMILES string of the molecule is COc1cc(-c2ccc(-c3ncc(N(C4CC4)[C@H]4C[C@]5(C)CC[C@@](C)(N5)[C@H]4F)nn3)c(O)c2)cnc1OC. The number of nitrogens with zero attached hydrogens (tertiary/aromatic N) is 5. The molecule has 1 aliphatic carbocycles. The summed E-state index contributed by atoms with van der Waals surface area (Å²) in [6, 6.07) is 7.02. The minimum atomic E-state index is -1.01. The number of phenolic OH excluding ortho intramolecular Hbond substituents is 1. The average molecular weight is 521 g/mol. The smallest absolute Gasteiger partial charge is 0.256 e.